The van der Waals surface area contributed by atoms with Gasteiger partial charge in [-0.05, 0) is 31.4 Å². The third-order valence-corrected chi connectivity index (χ3v) is 4.22. The smallest absolute Gasteiger partial charge is 0.142 e. The van der Waals surface area contributed by atoms with Crippen LogP contribution in [-0.4, -0.2) is 12.6 Å². The average Bonchev–Trinajstić information content (AvgIpc) is 2.45. The molecule has 2 nitrogen and oxygen atoms in total. The van der Waals surface area contributed by atoms with Crippen LogP contribution in [0.3, 0.4) is 0 Å². The lowest BCUT2D eigenvalue weighted by atomic mass is 9.95. The third kappa shape index (κ3) is 4.54. The molecule has 0 spiro atoms. The van der Waals surface area contributed by atoms with E-state index in [-0.39, 0.29) is 0 Å². The van der Waals surface area contributed by atoms with Crippen molar-refractivity contribution in [1.29, 1.82) is 0 Å². The Morgan fingerprint density at radius 2 is 1.95 bits per heavy atom. The number of hydrogen-bond acceptors (Lipinski definition) is 2. The Hall–Kier alpha value is -0.440. The monoisotopic (exact) mass is 315 g/mol. The highest BCUT2D eigenvalue weighted by Crippen LogP contribution is 2.33. The molecule has 2 rings (SSSR count). The molecule has 1 N–H and O–H groups in total. The van der Waals surface area contributed by atoms with Crippen LogP contribution >= 0.6 is 23.2 Å². The zero-order chi connectivity index (χ0) is 14.4. The molecule has 1 aromatic rings. The summed E-state index contributed by atoms with van der Waals surface area (Å²) in [6.07, 6.45) is 7.51. The van der Waals surface area contributed by atoms with E-state index in [0.29, 0.717) is 22.7 Å². The maximum atomic E-state index is 6.25. The normalized spacial score (nSPS) is 16.4. The second-order valence-corrected chi connectivity index (χ2v) is 6.28. The molecular formula is C16H23Cl2NO. The maximum Gasteiger partial charge on any atom is 0.142 e. The van der Waals surface area contributed by atoms with Crippen LogP contribution in [0.5, 0.6) is 5.75 Å². The van der Waals surface area contributed by atoms with Crippen molar-refractivity contribution in [1.82, 2.24) is 5.32 Å². The van der Waals surface area contributed by atoms with Gasteiger partial charge in [0.1, 0.15) is 5.75 Å². The fourth-order valence-electron chi connectivity index (χ4n) is 2.67. The molecule has 0 saturated heterocycles. The highest BCUT2D eigenvalue weighted by molar-refractivity contribution is 6.35. The van der Waals surface area contributed by atoms with Crippen molar-refractivity contribution in [3.8, 4) is 5.75 Å². The summed E-state index contributed by atoms with van der Waals surface area (Å²) in [5.74, 6) is 0.779. The van der Waals surface area contributed by atoms with Gasteiger partial charge in [0.05, 0.1) is 11.6 Å². The fourth-order valence-corrected chi connectivity index (χ4v) is 3.26. The van der Waals surface area contributed by atoms with E-state index in [0.717, 1.165) is 24.3 Å². The quantitative estimate of drug-likeness (QED) is 0.778. The van der Waals surface area contributed by atoms with Gasteiger partial charge in [0, 0.05) is 23.2 Å². The molecule has 1 aliphatic carbocycles. The number of hydrogen-bond donors (Lipinski definition) is 1. The Bertz CT molecular complexity index is 431. The first-order chi connectivity index (χ1) is 9.70. The van der Waals surface area contributed by atoms with Crippen molar-refractivity contribution >= 4 is 23.2 Å². The van der Waals surface area contributed by atoms with Gasteiger partial charge >= 0.3 is 0 Å². The van der Waals surface area contributed by atoms with E-state index in [4.69, 9.17) is 27.9 Å². The van der Waals surface area contributed by atoms with E-state index in [9.17, 15) is 0 Å². The SMILES string of the molecule is CCCOc1c(Cl)cc(Cl)cc1CNC1CCCCC1. The molecule has 20 heavy (non-hydrogen) atoms. The highest BCUT2D eigenvalue weighted by atomic mass is 35.5. The van der Waals surface area contributed by atoms with Crippen molar-refractivity contribution < 1.29 is 4.74 Å². The fraction of sp³-hybridized carbons (Fsp3) is 0.625. The topological polar surface area (TPSA) is 21.3 Å². The van der Waals surface area contributed by atoms with Gasteiger partial charge in [-0.3, -0.25) is 0 Å². The number of nitrogens with one attached hydrogen (secondary N) is 1. The first kappa shape index (κ1) is 15.9. The van der Waals surface area contributed by atoms with E-state index in [2.05, 4.69) is 12.2 Å². The van der Waals surface area contributed by atoms with Gasteiger partial charge < -0.3 is 10.1 Å². The summed E-state index contributed by atoms with van der Waals surface area (Å²) in [5, 5.41) is 4.88. The van der Waals surface area contributed by atoms with Crippen LogP contribution in [0, 0.1) is 0 Å². The molecule has 0 unspecified atom stereocenters. The molecule has 1 aromatic carbocycles. The molecule has 0 aliphatic heterocycles. The van der Waals surface area contributed by atoms with Gasteiger partial charge in [0.2, 0.25) is 0 Å². The Labute approximate surface area is 131 Å². The predicted octanol–water partition coefficient (Wildman–Crippen LogP) is 5.20. The summed E-state index contributed by atoms with van der Waals surface area (Å²) < 4.78 is 5.78. The van der Waals surface area contributed by atoms with Crippen LogP contribution in [0.1, 0.15) is 51.0 Å². The highest BCUT2D eigenvalue weighted by Gasteiger charge is 2.15. The zero-order valence-electron chi connectivity index (χ0n) is 12.1. The first-order valence-electron chi connectivity index (χ1n) is 7.54. The van der Waals surface area contributed by atoms with Crippen LogP contribution in [0.4, 0.5) is 0 Å². The summed E-state index contributed by atoms with van der Waals surface area (Å²) >= 11 is 12.4. The van der Waals surface area contributed by atoms with Crippen molar-refractivity contribution in [3.63, 3.8) is 0 Å². The second kappa shape index (κ2) is 8.11. The van der Waals surface area contributed by atoms with Gasteiger partial charge in [-0.2, -0.15) is 0 Å². The molecule has 0 bridgehead atoms. The largest absolute Gasteiger partial charge is 0.492 e. The average molecular weight is 316 g/mol. The summed E-state index contributed by atoms with van der Waals surface area (Å²) in [5.41, 5.74) is 1.06. The number of ether oxygens (including phenoxy) is 1. The lowest BCUT2D eigenvalue weighted by molar-refractivity contribution is 0.310. The molecule has 1 aliphatic rings. The molecule has 1 saturated carbocycles. The van der Waals surface area contributed by atoms with E-state index in [1.54, 1.807) is 6.07 Å². The van der Waals surface area contributed by atoms with Gasteiger partial charge in [0.25, 0.3) is 0 Å². The molecule has 0 amide bonds. The van der Waals surface area contributed by atoms with Crippen LogP contribution in [0.2, 0.25) is 10.0 Å². The van der Waals surface area contributed by atoms with Crippen molar-refractivity contribution in [2.24, 2.45) is 0 Å². The van der Waals surface area contributed by atoms with Crippen LogP contribution < -0.4 is 10.1 Å². The molecule has 0 radical (unpaired) electrons. The van der Waals surface area contributed by atoms with Gasteiger partial charge in [-0.1, -0.05) is 49.4 Å². The summed E-state index contributed by atoms with van der Waals surface area (Å²) in [4.78, 5) is 0. The third-order valence-electron chi connectivity index (χ3n) is 3.72. The molecule has 1 fully saturated rings. The minimum atomic E-state index is 0.603. The minimum absolute atomic E-state index is 0.603. The molecule has 0 atom stereocenters. The molecule has 112 valence electrons. The van der Waals surface area contributed by atoms with E-state index in [1.807, 2.05) is 6.07 Å². The first-order valence-corrected chi connectivity index (χ1v) is 8.30. The lowest BCUT2D eigenvalue weighted by Gasteiger charge is -2.23. The Morgan fingerprint density at radius 1 is 1.20 bits per heavy atom. The number of halogens is 2. The van der Waals surface area contributed by atoms with Crippen LogP contribution in [0.25, 0.3) is 0 Å². The maximum absolute atomic E-state index is 6.25. The van der Waals surface area contributed by atoms with Crippen LogP contribution in [-0.2, 0) is 6.54 Å². The van der Waals surface area contributed by atoms with E-state index < -0.39 is 0 Å². The van der Waals surface area contributed by atoms with Crippen LogP contribution in [0.15, 0.2) is 12.1 Å². The summed E-state index contributed by atoms with van der Waals surface area (Å²) in [6, 6.07) is 4.31. The second-order valence-electron chi connectivity index (χ2n) is 5.44. The van der Waals surface area contributed by atoms with Gasteiger partial charge in [0.15, 0.2) is 0 Å². The minimum Gasteiger partial charge on any atom is -0.492 e. The summed E-state index contributed by atoms with van der Waals surface area (Å²) in [6.45, 7) is 3.53. The molecular weight excluding hydrogens is 293 g/mol. The Morgan fingerprint density at radius 3 is 2.65 bits per heavy atom. The zero-order valence-corrected chi connectivity index (χ0v) is 13.6. The van der Waals surface area contributed by atoms with Gasteiger partial charge in [-0.15, -0.1) is 0 Å². The molecule has 4 heteroatoms. The number of rotatable bonds is 6. The number of benzene rings is 1. The van der Waals surface area contributed by atoms with Crippen molar-refractivity contribution in [2.75, 3.05) is 6.61 Å². The Balaban J connectivity index is 2.03. The Kier molecular flexibility index (Phi) is 6.47. The molecule has 0 heterocycles. The van der Waals surface area contributed by atoms with Gasteiger partial charge in [-0.25, -0.2) is 0 Å². The predicted molar refractivity (Wildman–Crippen MR) is 86.0 cm³/mol. The van der Waals surface area contributed by atoms with E-state index >= 15 is 0 Å². The summed E-state index contributed by atoms with van der Waals surface area (Å²) in [7, 11) is 0. The molecule has 0 aromatic heterocycles. The van der Waals surface area contributed by atoms with Crippen molar-refractivity contribution in [3.05, 3.63) is 27.7 Å². The lowest BCUT2D eigenvalue weighted by Crippen LogP contribution is -2.30. The van der Waals surface area contributed by atoms with Crippen molar-refractivity contribution in [2.45, 2.75) is 58.0 Å². The standard InChI is InChI=1S/C16H23Cl2NO/c1-2-8-20-16-12(9-13(17)10-15(16)18)11-19-14-6-4-3-5-7-14/h9-10,14,19H,2-8,11H2,1H3. The van der Waals surface area contributed by atoms with E-state index in [1.165, 1.54) is 32.1 Å².